The monoisotopic (exact) mass is 473 g/mol. The largest absolute Gasteiger partial charge is 0.361 e. The molecule has 2 amide bonds. The van der Waals surface area contributed by atoms with Gasteiger partial charge in [-0.2, -0.15) is 4.31 Å². The molecule has 3 aromatic rings. The Balaban J connectivity index is 1.48. The molecule has 3 heterocycles. The molecule has 0 unspecified atom stereocenters. The Morgan fingerprint density at radius 3 is 2.52 bits per heavy atom. The molecule has 11 heteroatoms. The van der Waals surface area contributed by atoms with Crippen molar-refractivity contribution in [3.63, 3.8) is 0 Å². The van der Waals surface area contributed by atoms with Crippen molar-refractivity contribution >= 4 is 32.7 Å². The van der Waals surface area contributed by atoms with Gasteiger partial charge in [-0.15, -0.1) is 0 Å². The van der Waals surface area contributed by atoms with E-state index in [1.807, 2.05) is 30.5 Å². The Morgan fingerprint density at radius 2 is 1.88 bits per heavy atom. The first-order chi connectivity index (χ1) is 15.7. The van der Waals surface area contributed by atoms with Crippen molar-refractivity contribution in [3.8, 4) is 0 Å². The molecule has 176 valence electrons. The summed E-state index contributed by atoms with van der Waals surface area (Å²) < 4.78 is 32.4. The fourth-order valence-electron chi connectivity index (χ4n) is 4.31. The van der Waals surface area contributed by atoms with E-state index in [0.717, 1.165) is 16.5 Å². The van der Waals surface area contributed by atoms with Crippen LogP contribution in [0.1, 0.15) is 23.9 Å². The van der Waals surface area contributed by atoms with Crippen molar-refractivity contribution < 1.29 is 22.5 Å². The number of carbonyl (C=O) groups excluding carboxylic acids is 2. The van der Waals surface area contributed by atoms with Crippen LogP contribution in [0.5, 0.6) is 0 Å². The van der Waals surface area contributed by atoms with E-state index in [0.29, 0.717) is 12.1 Å². The van der Waals surface area contributed by atoms with E-state index in [2.05, 4.69) is 15.5 Å². The Kier molecular flexibility index (Phi) is 6.26. The van der Waals surface area contributed by atoms with Crippen LogP contribution in [0.3, 0.4) is 0 Å². The van der Waals surface area contributed by atoms with Crippen LogP contribution in [0.4, 0.5) is 0 Å². The molecule has 0 radical (unpaired) electrons. The van der Waals surface area contributed by atoms with Gasteiger partial charge in [0.25, 0.3) is 0 Å². The predicted octanol–water partition coefficient (Wildman–Crippen LogP) is 1.35. The summed E-state index contributed by atoms with van der Waals surface area (Å²) in [5, 5.41) is 7.50. The van der Waals surface area contributed by atoms with E-state index >= 15 is 0 Å². The van der Waals surface area contributed by atoms with Crippen LogP contribution in [0.2, 0.25) is 0 Å². The van der Waals surface area contributed by atoms with Gasteiger partial charge in [0.15, 0.2) is 5.76 Å². The highest BCUT2D eigenvalue weighted by Crippen LogP contribution is 2.25. The predicted molar refractivity (Wildman–Crippen MR) is 121 cm³/mol. The number of fused-ring (bicyclic) bond motifs is 1. The molecule has 2 aromatic heterocycles. The van der Waals surface area contributed by atoms with Crippen molar-refractivity contribution in [2.45, 2.75) is 38.1 Å². The zero-order valence-electron chi connectivity index (χ0n) is 18.8. The lowest BCUT2D eigenvalue weighted by Crippen LogP contribution is -2.56. The molecule has 0 aliphatic carbocycles. The van der Waals surface area contributed by atoms with E-state index in [1.54, 1.807) is 18.7 Å². The summed E-state index contributed by atoms with van der Waals surface area (Å²) in [7, 11) is -3.77. The summed E-state index contributed by atoms with van der Waals surface area (Å²) in [6.45, 7) is 5.29. The number of hydrogen-bond donors (Lipinski definition) is 2. The zero-order chi connectivity index (χ0) is 23.8. The smallest absolute Gasteiger partial charge is 0.248 e. The number of piperazine rings is 1. The average molecular weight is 474 g/mol. The van der Waals surface area contributed by atoms with Crippen molar-refractivity contribution in [2.24, 2.45) is 0 Å². The minimum atomic E-state index is -3.77. The maximum atomic E-state index is 13.3. The van der Waals surface area contributed by atoms with Gasteiger partial charge in [0.1, 0.15) is 16.6 Å². The third-order valence-corrected chi connectivity index (χ3v) is 8.03. The lowest BCUT2D eigenvalue weighted by molar-refractivity contribution is -0.137. The standard InChI is InChI=1S/C22H27N5O5S/c1-14-21(15(2)32-25-14)33(30,31)27-10-8-26(9-11-27)22(29)20(24-16(3)28)12-17-13-23-19-7-5-4-6-18(17)19/h4-7,13,20,23H,8-12H2,1-3H3,(H,24,28)/t20-/m0/s1. The highest BCUT2D eigenvalue weighted by Gasteiger charge is 2.36. The molecule has 33 heavy (non-hydrogen) atoms. The maximum absolute atomic E-state index is 13.3. The quantitative estimate of drug-likeness (QED) is 0.556. The molecule has 1 aliphatic rings. The van der Waals surface area contributed by atoms with E-state index < -0.39 is 16.1 Å². The first-order valence-corrected chi connectivity index (χ1v) is 12.2. The highest BCUT2D eigenvalue weighted by molar-refractivity contribution is 7.89. The highest BCUT2D eigenvalue weighted by atomic mass is 32.2. The summed E-state index contributed by atoms with van der Waals surface area (Å²) >= 11 is 0. The Hall–Kier alpha value is -3.18. The minimum absolute atomic E-state index is 0.0812. The molecule has 1 aliphatic heterocycles. The number of carbonyl (C=O) groups is 2. The van der Waals surface area contributed by atoms with E-state index in [-0.39, 0.29) is 48.6 Å². The average Bonchev–Trinajstić information content (AvgIpc) is 3.35. The van der Waals surface area contributed by atoms with Gasteiger partial charge in [-0.05, 0) is 25.5 Å². The SMILES string of the molecule is CC(=O)N[C@@H](Cc1c[nH]c2ccccc12)C(=O)N1CCN(S(=O)(=O)c2c(C)noc2C)CC1. The van der Waals surface area contributed by atoms with Gasteiger partial charge in [-0.3, -0.25) is 9.59 Å². The molecular weight excluding hydrogens is 446 g/mol. The number of rotatable bonds is 6. The van der Waals surface area contributed by atoms with Crippen LogP contribution in [-0.2, 0) is 26.0 Å². The summed E-state index contributed by atoms with van der Waals surface area (Å²) in [5.41, 5.74) is 2.20. The van der Waals surface area contributed by atoms with Crippen LogP contribution in [-0.4, -0.2) is 71.8 Å². The molecule has 1 fully saturated rings. The van der Waals surface area contributed by atoms with E-state index in [4.69, 9.17) is 4.52 Å². The number of hydrogen-bond acceptors (Lipinski definition) is 6. The molecule has 10 nitrogen and oxygen atoms in total. The number of aromatic amines is 1. The number of nitrogens with zero attached hydrogens (tertiary/aromatic N) is 3. The first kappa shape index (κ1) is 23.0. The number of benzene rings is 1. The lowest BCUT2D eigenvalue weighted by Gasteiger charge is -2.35. The minimum Gasteiger partial charge on any atom is -0.361 e. The topological polar surface area (TPSA) is 129 Å². The molecule has 1 aromatic carbocycles. The van der Waals surface area contributed by atoms with Crippen LogP contribution in [0.25, 0.3) is 10.9 Å². The molecule has 0 bridgehead atoms. The molecule has 4 rings (SSSR count). The summed E-state index contributed by atoms with van der Waals surface area (Å²) in [6, 6.07) is 7.02. The molecule has 0 spiro atoms. The number of para-hydroxylation sites is 1. The van der Waals surface area contributed by atoms with Crippen LogP contribution in [0, 0.1) is 13.8 Å². The second kappa shape index (κ2) is 8.99. The van der Waals surface area contributed by atoms with Gasteiger partial charge < -0.3 is 19.7 Å². The third kappa shape index (κ3) is 4.51. The van der Waals surface area contributed by atoms with Crippen LogP contribution in [0.15, 0.2) is 39.9 Å². The molecular formula is C22H27N5O5S. The second-order valence-electron chi connectivity index (χ2n) is 8.20. The normalized spacial score (nSPS) is 16.2. The van der Waals surface area contributed by atoms with Gasteiger partial charge in [-0.1, -0.05) is 23.4 Å². The second-order valence-corrected chi connectivity index (χ2v) is 10.1. The fourth-order valence-corrected chi connectivity index (χ4v) is 6.02. The summed E-state index contributed by atoms with van der Waals surface area (Å²) in [6.07, 6.45) is 2.18. The molecule has 1 atom stereocenters. The summed E-state index contributed by atoms with van der Waals surface area (Å²) in [4.78, 5) is 30.0. The number of amides is 2. The van der Waals surface area contributed by atoms with Crippen LogP contribution >= 0.6 is 0 Å². The van der Waals surface area contributed by atoms with Crippen molar-refractivity contribution in [1.82, 2.24) is 24.7 Å². The van der Waals surface area contributed by atoms with Crippen molar-refractivity contribution in [3.05, 3.63) is 47.5 Å². The van der Waals surface area contributed by atoms with E-state index in [1.165, 1.54) is 11.2 Å². The lowest BCUT2D eigenvalue weighted by atomic mass is 10.0. The summed E-state index contributed by atoms with van der Waals surface area (Å²) in [5.74, 6) is -0.284. The number of sulfonamides is 1. The number of H-pyrrole nitrogens is 1. The van der Waals surface area contributed by atoms with Crippen molar-refractivity contribution in [2.75, 3.05) is 26.2 Å². The van der Waals surface area contributed by atoms with Crippen LogP contribution < -0.4 is 5.32 Å². The third-order valence-electron chi connectivity index (χ3n) is 5.89. The first-order valence-electron chi connectivity index (χ1n) is 10.7. The van der Waals surface area contributed by atoms with Gasteiger partial charge in [0.2, 0.25) is 21.8 Å². The molecule has 2 N–H and O–H groups in total. The van der Waals surface area contributed by atoms with Crippen molar-refractivity contribution in [1.29, 1.82) is 0 Å². The van der Waals surface area contributed by atoms with E-state index in [9.17, 15) is 18.0 Å². The van der Waals surface area contributed by atoms with Gasteiger partial charge in [0.05, 0.1) is 0 Å². The van der Waals surface area contributed by atoms with Gasteiger partial charge in [-0.25, -0.2) is 8.42 Å². The fraction of sp³-hybridized carbons (Fsp3) is 0.409. The molecule has 0 saturated carbocycles. The Bertz CT molecular complexity index is 1270. The Morgan fingerprint density at radius 1 is 1.18 bits per heavy atom. The van der Waals surface area contributed by atoms with Gasteiger partial charge in [0, 0.05) is 56.6 Å². The number of aryl methyl sites for hydroxylation is 2. The van der Waals surface area contributed by atoms with Gasteiger partial charge >= 0.3 is 0 Å². The maximum Gasteiger partial charge on any atom is 0.248 e. The number of nitrogens with one attached hydrogen (secondary N) is 2. The molecule has 1 saturated heterocycles. The zero-order valence-corrected chi connectivity index (χ0v) is 19.6. The Labute approximate surface area is 192 Å². The number of aromatic nitrogens is 2.